The van der Waals surface area contributed by atoms with Crippen LogP contribution in [0.5, 0.6) is 0 Å². The van der Waals surface area contributed by atoms with Gasteiger partial charge in [-0.1, -0.05) is 99.2 Å². The van der Waals surface area contributed by atoms with Gasteiger partial charge in [0.05, 0.1) is 13.1 Å². The molecule has 0 radical (unpaired) electrons. The number of carbonyl (C=O) groups is 2. The van der Waals surface area contributed by atoms with Crippen molar-refractivity contribution in [3.63, 3.8) is 0 Å². The quantitative estimate of drug-likeness (QED) is 0.0618. The lowest BCUT2D eigenvalue weighted by molar-refractivity contribution is -0.147. The van der Waals surface area contributed by atoms with E-state index in [0.717, 1.165) is 38.5 Å². The lowest BCUT2D eigenvalue weighted by Gasteiger charge is -2.20. The van der Waals surface area contributed by atoms with E-state index in [0.29, 0.717) is 6.54 Å². The van der Waals surface area contributed by atoms with E-state index in [2.05, 4.69) is 60.6 Å². The lowest BCUT2D eigenvalue weighted by atomic mass is 10.1. The van der Waals surface area contributed by atoms with Crippen LogP contribution in [0.4, 0.5) is 0 Å². The Morgan fingerprint density at radius 2 is 0.951 bits per heavy atom. The topological polar surface area (TPSA) is 55.8 Å². The maximum atomic E-state index is 12.6. The SMILES string of the molecule is CCCCCCCCCCCCN(CC(=O)OC/C=C(\C)CCC=C(C)C)CC(=O)OC/C=C(\C)CCC=C(C)C. The number of rotatable bonds is 25. The Kier molecular flexibility index (Phi) is 25.3. The Bertz CT molecular complexity index is 757. The number of allylic oxidation sites excluding steroid dienone is 6. The summed E-state index contributed by atoms with van der Waals surface area (Å²) < 4.78 is 11.0. The van der Waals surface area contributed by atoms with Gasteiger partial charge in [-0.15, -0.1) is 0 Å². The van der Waals surface area contributed by atoms with Crippen LogP contribution in [0.1, 0.15) is 138 Å². The van der Waals surface area contributed by atoms with Crippen LogP contribution in [0.2, 0.25) is 0 Å². The zero-order valence-corrected chi connectivity index (χ0v) is 27.8. The van der Waals surface area contributed by atoms with Crippen LogP contribution < -0.4 is 0 Å². The molecule has 0 heterocycles. The highest BCUT2D eigenvalue weighted by molar-refractivity contribution is 5.75. The standard InChI is InChI=1S/C36H63NO4/c1-8-9-10-11-12-13-14-15-16-17-26-37(29-35(38)40-27-24-33(6)22-18-20-31(2)3)30-36(39)41-28-25-34(7)23-19-21-32(4)5/h20-21,24-25H,8-19,22-23,26-30H2,1-7H3/b33-24+,34-25+. The second-order valence-corrected chi connectivity index (χ2v) is 12.0. The molecule has 0 N–H and O–H groups in total. The Morgan fingerprint density at radius 1 is 0.561 bits per heavy atom. The van der Waals surface area contributed by atoms with Crippen LogP contribution in [-0.4, -0.2) is 49.7 Å². The Labute approximate surface area is 253 Å². The van der Waals surface area contributed by atoms with Gasteiger partial charge in [0.15, 0.2) is 0 Å². The van der Waals surface area contributed by atoms with Crippen LogP contribution in [0.15, 0.2) is 46.6 Å². The minimum Gasteiger partial charge on any atom is -0.460 e. The third-order valence-corrected chi connectivity index (χ3v) is 7.07. The molecule has 0 atom stereocenters. The first-order chi connectivity index (χ1) is 19.6. The normalized spacial score (nSPS) is 11.9. The third kappa shape index (κ3) is 27.8. The van der Waals surface area contributed by atoms with Gasteiger partial charge in [0.1, 0.15) is 13.2 Å². The maximum Gasteiger partial charge on any atom is 0.320 e. The van der Waals surface area contributed by atoms with E-state index in [1.165, 1.54) is 73.7 Å². The van der Waals surface area contributed by atoms with Crippen molar-refractivity contribution in [3.8, 4) is 0 Å². The summed E-state index contributed by atoms with van der Waals surface area (Å²) in [6.45, 7) is 16.2. The number of nitrogens with zero attached hydrogens (tertiary/aromatic N) is 1. The van der Waals surface area contributed by atoms with E-state index >= 15 is 0 Å². The molecule has 5 nitrogen and oxygen atoms in total. The van der Waals surface area contributed by atoms with E-state index in [-0.39, 0.29) is 38.2 Å². The van der Waals surface area contributed by atoms with Gasteiger partial charge >= 0.3 is 11.9 Å². The molecule has 236 valence electrons. The number of unbranched alkanes of at least 4 members (excludes halogenated alkanes) is 9. The Morgan fingerprint density at radius 3 is 1.34 bits per heavy atom. The summed E-state index contributed by atoms with van der Waals surface area (Å²) in [4.78, 5) is 27.1. The largest absolute Gasteiger partial charge is 0.460 e. The summed E-state index contributed by atoms with van der Waals surface area (Å²) in [6.07, 6.45) is 24.8. The highest BCUT2D eigenvalue weighted by atomic mass is 16.5. The van der Waals surface area contributed by atoms with E-state index in [1.54, 1.807) is 0 Å². The molecule has 0 aliphatic heterocycles. The summed E-state index contributed by atoms with van der Waals surface area (Å²) >= 11 is 0. The fourth-order valence-corrected chi connectivity index (χ4v) is 4.43. The predicted molar refractivity (Wildman–Crippen MR) is 175 cm³/mol. The zero-order valence-electron chi connectivity index (χ0n) is 27.8. The fraction of sp³-hybridized carbons (Fsp3) is 0.722. The molecule has 0 aromatic carbocycles. The minimum atomic E-state index is -0.298. The number of hydrogen-bond donors (Lipinski definition) is 0. The van der Waals surface area contributed by atoms with Crippen molar-refractivity contribution in [1.29, 1.82) is 0 Å². The summed E-state index contributed by atoms with van der Waals surface area (Å²) in [5.74, 6) is -0.596. The smallest absolute Gasteiger partial charge is 0.320 e. The van der Waals surface area contributed by atoms with Gasteiger partial charge in [-0.05, 0) is 92.3 Å². The number of ether oxygens (including phenoxy) is 2. The monoisotopic (exact) mass is 573 g/mol. The molecule has 5 heteroatoms. The first kappa shape index (κ1) is 38.9. The van der Waals surface area contributed by atoms with Crippen LogP contribution in [0, 0.1) is 0 Å². The zero-order chi connectivity index (χ0) is 30.7. The first-order valence-electron chi connectivity index (χ1n) is 16.3. The van der Waals surface area contributed by atoms with E-state index < -0.39 is 0 Å². The number of esters is 2. The van der Waals surface area contributed by atoms with Crippen molar-refractivity contribution in [3.05, 3.63) is 46.6 Å². The highest BCUT2D eigenvalue weighted by Gasteiger charge is 2.16. The van der Waals surface area contributed by atoms with Crippen molar-refractivity contribution >= 4 is 11.9 Å². The van der Waals surface area contributed by atoms with Crippen molar-refractivity contribution in [2.24, 2.45) is 0 Å². The molecule has 0 unspecified atom stereocenters. The predicted octanol–water partition coefficient (Wildman–Crippen LogP) is 9.68. The fourth-order valence-electron chi connectivity index (χ4n) is 4.43. The number of carbonyl (C=O) groups excluding carboxylic acids is 2. The van der Waals surface area contributed by atoms with Gasteiger partial charge in [0, 0.05) is 0 Å². The highest BCUT2D eigenvalue weighted by Crippen LogP contribution is 2.12. The first-order valence-corrected chi connectivity index (χ1v) is 16.3. The molecule has 0 fully saturated rings. The molecular weight excluding hydrogens is 510 g/mol. The second kappa shape index (κ2) is 26.7. The van der Waals surface area contributed by atoms with Gasteiger partial charge < -0.3 is 9.47 Å². The third-order valence-electron chi connectivity index (χ3n) is 7.07. The Hall–Kier alpha value is -2.14. The van der Waals surface area contributed by atoms with Crippen LogP contribution in [0.25, 0.3) is 0 Å². The average Bonchev–Trinajstić information content (AvgIpc) is 2.89. The Balaban J connectivity index is 4.66. The molecule has 0 saturated carbocycles. The van der Waals surface area contributed by atoms with Crippen LogP contribution in [-0.2, 0) is 19.1 Å². The molecule has 0 aromatic rings. The van der Waals surface area contributed by atoms with Gasteiger partial charge in [0.2, 0.25) is 0 Å². The van der Waals surface area contributed by atoms with Crippen molar-refractivity contribution in [2.75, 3.05) is 32.8 Å². The molecule has 0 saturated heterocycles. The van der Waals surface area contributed by atoms with Crippen molar-refractivity contribution in [2.45, 2.75) is 138 Å². The molecule has 0 rings (SSSR count). The molecule has 0 aromatic heterocycles. The van der Waals surface area contributed by atoms with Gasteiger partial charge in [-0.25, -0.2) is 0 Å². The van der Waals surface area contributed by atoms with E-state index in [1.807, 2.05) is 17.1 Å². The molecular formula is C36H63NO4. The molecule has 0 aliphatic carbocycles. The summed E-state index contributed by atoms with van der Waals surface area (Å²) in [6, 6.07) is 0. The molecule has 0 spiro atoms. The van der Waals surface area contributed by atoms with Gasteiger partial charge in [-0.2, -0.15) is 0 Å². The summed E-state index contributed by atoms with van der Waals surface area (Å²) in [7, 11) is 0. The summed E-state index contributed by atoms with van der Waals surface area (Å²) in [5, 5.41) is 0. The van der Waals surface area contributed by atoms with Crippen LogP contribution in [0.3, 0.4) is 0 Å². The molecule has 0 aliphatic rings. The second-order valence-electron chi connectivity index (χ2n) is 12.0. The van der Waals surface area contributed by atoms with E-state index in [9.17, 15) is 9.59 Å². The van der Waals surface area contributed by atoms with Crippen molar-refractivity contribution in [1.82, 2.24) is 4.90 Å². The molecule has 41 heavy (non-hydrogen) atoms. The van der Waals surface area contributed by atoms with E-state index in [4.69, 9.17) is 9.47 Å². The lowest BCUT2D eigenvalue weighted by Crippen LogP contribution is -2.37. The molecule has 0 amide bonds. The minimum absolute atomic E-state index is 0.106. The number of hydrogen-bond acceptors (Lipinski definition) is 5. The average molecular weight is 574 g/mol. The van der Waals surface area contributed by atoms with Crippen LogP contribution >= 0.6 is 0 Å². The van der Waals surface area contributed by atoms with Gasteiger partial charge in [-0.3, -0.25) is 14.5 Å². The molecule has 0 bridgehead atoms. The van der Waals surface area contributed by atoms with Gasteiger partial charge in [0.25, 0.3) is 0 Å². The summed E-state index contributed by atoms with van der Waals surface area (Å²) in [5.41, 5.74) is 5.06. The maximum absolute atomic E-state index is 12.6. The van der Waals surface area contributed by atoms with Crippen molar-refractivity contribution < 1.29 is 19.1 Å².